The quantitative estimate of drug-likeness (QED) is 0.184. The summed E-state index contributed by atoms with van der Waals surface area (Å²) in [5.41, 5.74) is 11.9. The SMILES string of the molecule is CCc1nc2c(cnn2CC)c(NC2CCOCC2)c1CNC(=O)c1cccc(C(=O)NCc2ccc(N)c(Br)c2)c1. The Balaban J connectivity index is 1.33. The number of aryl methyl sites for hydroxylation is 2. The third-order valence-electron chi connectivity index (χ3n) is 7.51. The Bertz CT molecular complexity index is 1600. The molecule has 5 N–H and O–H groups in total. The van der Waals surface area contributed by atoms with Crippen molar-refractivity contribution in [3.63, 3.8) is 0 Å². The molecule has 2 aromatic carbocycles. The zero-order chi connectivity index (χ0) is 29.6. The molecule has 3 heterocycles. The summed E-state index contributed by atoms with van der Waals surface area (Å²) >= 11 is 3.41. The number of hydrogen-bond donors (Lipinski definition) is 4. The first-order valence-electron chi connectivity index (χ1n) is 14.3. The zero-order valence-corrected chi connectivity index (χ0v) is 25.5. The molecule has 5 rings (SSSR count). The van der Waals surface area contributed by atoms with Crippen LogP contribution in [0.25, 0.3) is 11.0 Å². The molecule has 2 amide bonds. The van der Waals surface area contributed by atoms with Crippen LogP contribution in [0.1, 0.15) is 64.2 Å². The van der Waals surface area contributed by atoms with E-state index in [9.17, 15) is 9.59 Å². The Labute approximate surface area is 253 Å². The number of hydrogen-bond acceptors (Lipinski definition) is 7. The number of ether oxygens (including phenoxy) is 1. The van der Waals surface area contributed by atoms with Gasteiger partial charge in [-0.25, -0.2) is 9.67 Å². The van der Waals surface area contributed by atoms with Crippen LogP contribution in [0.4, 0.5) is 11.4 Å². The Morgan fingerprint density at radius 2 is 1.76 bits per heavy atom. The van der Waals surface area contributed by atoms with Gasteiger partial charge in [0, 0.05) is 71.4 Å². The monoisotopic (exact) mass is 633 g/mol. The fourth-order valence-corrected chi connectivity index (χ4v) is 5.56. The number of benzene rings is 2. The van der Waals surface area contributed by atoms with E-state index in [0.29, 0.717) is 49.5 Å². The normalized spacial score (nSPS) is 13.7. The predicted octanol–water partition coefficient (Wildman–Crippen LogP) is 4.81. The number of nitrogens with one attached hydrogen (secondary N) is 3. The highest BCUT2D eigenvalue weighted by Crippen LogP contribution is 2.31. The summed E-state index contributed by atoms with van der Waals surface area (Å²) in [5.74, 6) is -0.535. The molecule has 1 saturated heterocycles. The highest BCUT2D eigenvalue weighted by atomic mass is 79.9. The minimum Gasteiger partial charge on any atom is -0.398 e. The fraction of sp³-hybridized carbons (Fsp3) is 0.355. The molecule has 1 fully saturated rings. The molecule has 1 aliphatic rings. The number of nitrogens with zero attached hydrogens (tertiary/aromatic N) is 3. The van der Waals surface area contributed by atoms with Gasteiger partial charge in [0.2, 0.25) is 0 Å². The van der Waals surface area contributed by atoms with E-state index in [-0.39, 0.29) is 24.4 Å². The van der Waals surface area contributed by atoms with Gasteiger partial charge in [0.15, 0.2) is 5.65 Å². The Morgan fingerprint density at radius 3 is 2.43 bits per heavy atom. The van der Waals surface area contributed by atoms with Gasteiger partial charge in [-0.3, -0.25) is 9.59 Å². The molecule has 11 heteroatoms. The van der Waals surface area contributed by atoms with Crippen LogP contribution in [0.2, 0.25) is 0 Å². The second-order valence-electron chi connectivity index (χ2n) is 10.3. The number of nitrogens with two attached hydrogens (primary N) is 1. The fourth-order valence-electron chi connectivity index (χ4n) is 5.14. The molecule has 0 spiro atoms. The minimum absolute atomic E-state index is 0.262. The van der Waals surface area contributed by atoms with Gasteiger partial charge in [0.05, 0.1) is 17.3 Å². The lowest BCUT2D eigenvalue weighted by Gasteiger charge is -2.26. The van der Waals surface area contributed by atoms with Crippen molar-refractivity contribution in [2.45, 2.75) is 58.8 Å². The van der Waals surface area contributed by atoms with Crippen LogP contribution in [0.3, 0.4) is 0 Å². The molecule has 10 nitrogen and oxygen atoms in total. The van der Waals surface area contributed by atoms with Gasteiger partial charge in [-0.15, -0.1) is 0 Å². The third-order valence-corrected chi connectivity index (χ3v) is 8.19. The number of rotatable bonds is 10. The molecule has 4 aromatic rings. The van der Waals surface area contributed by atoms with E-state index in [1.807, 2.05) is 29.9 Å². The molecule has 42 heavy (non-hydrogen) atoms. The van der Waals surface area contributed by atoms with Crippen LogP contribution in [0.5, 0.6) is 0 Å². The minimum atomic E-state index is -0.268. The van der Waals surface area contributed by atoms with Crippen molar-refractivity contribution in [1.29, 1.82) is 0 Å². The maximum Gasteiger partial charge on any atom is 0.251 e. The summed E-state index contributed by atoms with van der Waals surface area (Å²) in [6, 6.07) is 12.5. The first-order chi connectivity index (χ1) is 20.4. The maximum absolute atomic E-state index is 13.3. The van der Waals surface area contributed by atoms with E-state index in [1.54, 1.807) is 30.3 Å². The largest absolute Gasteiger partial charge is 0.398 e. The highest BCUT2D eigenvalue weighted by Gasteiger charge is 2.22. The Morgan fingerprint density at radius 1 is 1.05 bits per heavy atom. The first-order valence-corrected chi connectivity index (χ1v) is 15.1. The molecule has 220 valence electrons. The number of carbonyl (C=O) groups excluding carboxylic acids is 2. The van der Waals surface area contributed by atoms with Crippen molar-refractivity contribution in [1.82, 2.24) is 25.4 Å². The van der Waals surface area contributed by atoms with Crippen LogP contribution in [0, 0.1) is 0 Å². The summed E-state index contributed by atoms with van der Waals surface area (Å²) < 4.78 is 8.24. The van der Waals surface area contributed by atoms with E-state index < -0.39 is 0 Å². The number of amides is 2. The van der Waals surface area contributed by atoms with E-state index in [1.165, 1.54) is 0 Å². The number of nitrogen functional groups attached to an aromatic ring is 1. The van der Waals surface area contributed by atoms with Crippen molar-refractivity contribution < 1.29 is 14.3 Å². The summed E-state index contributed by atoms with van der Waals surface area (Å²) in [5, 5.41) is 15.2. The van der Waals surface area contributed by atoms with E-state index >= 15 is 0 Å². The molecule has 0 unspecified atom stereocenters. The average Bonchev–Trinajstić information content (AvgIpc) is 3.44. The number of aromatic nitrogens is 3. The van der Waals surface area contributed by atoms with Gasteiger partial charge in [-0.1, -0.05) is 19.1 Å². The second-order valence-corrected chi connectivity index (χ2v) is 11.2. The van der Waals surface area contributed by atoms with Crippen molar-refractivity contribution in [2.24, 2.45) is 0 Å². The standard InChI is InChI=1S/C31H36BrN7O3/c1-3-27-23(28(37-22-10-12-42-13-11-22)24-18-36-39(4-2)29(24)38-27)17-35-31(41)21-7-5-6-20(15-21)30(40)34-16-19-8-9-26(33)25(32)14-19/h5-9,14-15,18,22H,3-4,10-13,16-17,33H2,1-2H3,(H,34,40)(H,35,41)(H,37,38). The summed E-state index contributed by atoms with van der Waals surface area (Å²) in [6.07, 6.45) is 4.37. The Kier molecular flexibility index (Phi) is 9.38. The van der Waals surface area contributed by atoms with Gasteiger partial charge in [-0.05, 0) is 78.0 Å². The molecule has 0 atom stereocenters. The van der Waals surface area contributed by atoms with Gasteiger partial charge >= 0.3 is 0 Å². The van der Waals surface area contributed by atoms with Crippen LogP contribution in [0.15, 0.2) is 53.1 Å². The zero-order valence-electron chi connectivity index (χ0n) is 23.9. The van der Waals surface area contributed by atoms with Crippen LogP contribution < -0.4 is 21.7 Å². The van der Waals surface area contributed by atoms with Gasteiger partial charge in [0.25, 0.3) is 11.8 Å². The molecule has 2 aromatic heterocycles. The first kappa shape index (κ1) is 29.5. The summed E-state index contributed by atoms with van der Waals surface area (Å²) in [4.78, 5) is 31.1. The summed E-state index contributed by atoms with van der Waals surface area (Å²) in [6.45, 7) is 6.88. The van der Waals surface area contributed by atoms with Crippen molar-refractivity contribution in [3.8, 4) is 0 Å². The van der Waals surface area contributed by atoms with E-state index in [4.69, 9.17) is 15.5 Å². The lowest BCUT2D eigenvalue weighted by atomic mass is 10.0. The number of anilines is 2. The molecule has 1 aliphatic heterocycles. The smallest absolute Gasteiger partial charge is 0.251 e. The lowest BCUT2D eigenvalue weighted by Crippen LogP contribution is -2.30. The van der Waals surface area contributed by atoms with Crippen LogP contribution in [-0.2, 0) is 30.8 Å². The summed E-state index contributed by atoms with van der Waals surface area (Å²) in [7, 11) is 0. The van der Waals surface area contributed by atoms with Gasteiger partial charge in [-0.2, -0.15) is 5.10 Å². The topological polar surface area (TPSA) is 136 Å². The lowest BCUT2D eigenvalue weighted by molar-refractivity contribution is 0.0904. The second kappa shape index (κ2) is 13.3. The Hall–Kier alpha value is -3.96. The molecule has 0 radical (unpaired) electrons. The molecule has 0 saturated carbocycles. The third kappa shape index (κ3) is 6.57. The molecular weight excluding hydrogens is 598 g/mol. The van der Waals surface area contributed by atoms with Crippen LogP contribution >= 0.6 is 15.9 Å². The molecule has 0 aliphatic carbocycles. The van der Waals surface area contributed by atoms with Gasteiger partial charge < -0.3 is 26.4 Å². The maximum atomic E-state index is 13.3. The van der Waals surface area contributed by atoms with Crippen LogP contribution in [-0.4, -0.2) is 45.8 Å². The molecule has 0 bridgehead atoms. The van der Waals surface area contributed by atoms with Crippen molar-refractivity contribution in [3.05, 3.63) is 81.1 Å². The predicted molar refractivity (Wildman–Crippen MR) is 167 cm³/mol. The molecular formula is C31H36BrN7O3. The van der Waals surface area contributed by atoms with E-state index in [0.717, 1.165) is 50.9 Å². The number of pyridine rings is 1. The number of halogens is 1. The van der Waals surface area contributed by atoms with E-state index in [2.05, 4.69) is 43.9 Å². The number of fused-ring (bicyclic) bond motifs is 1. The highest BCUT2D eigenvalue weighted by molar-refractivity contribution is 9.10. The van der Waals surface area contributed by atoms with Crippen molar-refractivity contribution in [2.75, 3.05) is 24.3 Å². The number of carbonyl (C=O) groups is 2. The van der Waals surface area contributed by atoms with Crippen molar-refractivity contribution >= 4 is 50.2 Å². The van der Waals surface area contributed by atoms with Gasteiger partial charge in [0.1, 0.15) is 0 Å². The average molecular weight is 635 g/mol.